The first-order chi connectivity index (χ1) is 13.7. The second kappa shape index (κ2) is 6.77. The van der Waals surface area contributed by atoms with Gasteiger partial charge in [-0.1, -0.05) is 54.6 Å². The SMILES string of the molecule is O=C(OCC1c2ccccc2-c2ccccc21)N1CCC(O)c2cccnc21. The number of hydrogen-bond acceptors (Lipinski definition) is 4. The lowest BCUT2D eigenvalue weighted by Crippen LogP contribution is -2.38. The Morgan fingerprint density at radius 3 is 2.36 bits per heavy atom. The van der Waals surface area contributed by atoms with Gasteiger partial charge in [-0.05, 0) is 34.7 Å². The molecule has 0 saturated heterocycles. The molecule has 0 spiro atoms. The maximum atomic E-state index is 12.8. The average molecular weight is 372 g/mol. The number of carbonyl (C=O) groups is 1. The Bertz CT molecular complexity index is 1000. The number of ether oxygens (including phenoxy) is 1. The largest absolute Gasteiger partial charge is 0.448 e. The normalized spacial score (nSPS) is 17.6. The highest BCUT2D eigenvalue weighted by Crippen LogP contribution is 2.44. The Balaban J connectivity index is 1.39. The minimum absolute atomic E-state index is 0.0231. The van der Waals surface area contributed by atoms with E-state index in [0.717, 1.165) is 0 Å². The Morgan fingerprint density at radius 1 is 1.00 bits per heavy atom. The number of amides is 1. The van der Waals surface area contributed by atoms with E-state index >= 15 is 0 Å². The number of anilines is 1. The maximum absolute atomic E-state index is 12.8. The van der Waals surface area contributed by atoms with Crippen LogP contribution in [0, 0.1) is 0 Å². The fraction of sp³-hybridized carbons (Fsp3) is 0.217. The summed E-state index contributed by atoms with van der Waals surface area (Å²) < 4.78 is 5.74. The molecule has 0 saturated carbocycles. The van der Waals surface area contributed by atoms with Gasteiger partial charge in [0.15, 0.2) is 0 Å². The van der Waals surface area contributed by atoms with Crippen LogP contribution in [-0.2, 0) is 4.74 Å². The van der Waals surface area contributed by atoms with Crippen LogP contribution < -0.4 is 4.90 Å². The van der Waals surface area contributed by atoms with Crippen molar-refractivity contribution in [3.05, 3.63) is 83.6 Å². The highest BCUT2D eigenvalue weighted by atomic mass is 16.6. The molecule has 1 aromatic heterocycles. The van der Waals surface area contributed by atoms with E-state index in [2.05, 4.69) is 29.2 Å². The summed E-state index contributed by atoms with van der Waals surface area (Å²) >= 11 is 0. The zero-order valence-corrected chi connectivity index (χ0v) is 15.3. The van der Waals surface area contributed by atoms with E-state index in [9.17, 15) is 9.90 Å². The molecular weight excluding hydrogens is 352 g/mol. The van der Waals surface area contributed by atoms with Gasteiger partial charge < -0.3 is 9.84 Å². The van der Waals surface area contributed by atoms with Crippen molar-refractivity contribution in [2.24, 2.45) is 0 Å². The molecule has 2 aromatic carbocycles. The number of aliphatic hydroxyl groups is 1. The van der Waals surface area contributed by atoms with Crippen molar-refractivity contribution in [1.82, 2.24) is 4.98 Å². The van der Waals surface area contributed by atoms with Crippen LogP contribution >= 0.6 is 0 Å². The molecule has 5 heteroatoms. The lowest BCUT2D eigenvalue weighted by molar-refractivity contribution is 0.139. The third kappa shape index (κ3) is 2.67. The van der Waals surface area contributed by atoms with Crippen molar-refractivity contribution in [3.63, 3.8) is 0 Å². The van der Waals surface area contributed by atoms with Gasteiger partial charge >= 0.3 is 6.09 Å². The van der Waals surface area contributed by atoms with Gasteiger partial charge in [0.2, 0.25) is 0 Å². The molecule has 1 unspecified atom stereocenters. The molecule has 1 aliphatic heterocycles. The summed E-state index contributed by atoms with van der Waals surface area (Å²) in [6.45, 7) is 0.663. The van der Waals surface area contributed by atoms with Crippen LogP contribution in [0.3, 0.4) is 0 Å². The van der Waals surface area contributed by atoms with Crippen molar-refractivity contribution >= 4 is 11.9 Å². The van der Waals surface area contributed by atoms with Crippen molar-refractivity contribution in [1.29, 1.82) is 0 Å². The number of hydrogen-bond donors (Lipinski definition) is 1. The number of pyridine rings is 1. The second-order valence-electron chi connectivity index (χ2n) is 7.18. The molecule has 1 atom stereocenters. The first-order valence-corrected chi connectivity index (χ1v) is 9.49. The van der Waals surface area contributed by atoms with Crippen LogP contribution in [0.25, 0.3) is 11.1 Å². The predicted octanol–water partition coefficient (Wildman–Crippen LogP) is 4.27. The highest BCUT2D eigenvalue weighted by Gasteiger charge is 2.32. The summed E-state index contributed by atoms with van der Waals surface area (Å²) in [6, 6.07) is 20.1. The fourth-order valence-electron chi connectivity index (χ4n) is 4.26. The average Bonchev–Trinajstić information content (AvgIpc) is 3.06. The molecule has 28 heavy (non-hydrogen) atoms. The molecule has 0 fully saturated rings. The second-order valence-corrected chi connectivity index (χ2v) is 7.18. The van der Waals surface area contributed by atoms with E-state index < -0.39 is 12.2 Å². The molecule has 1 amide bonds. The minimum atomic E-state index is -0.596. The van der Waals surface area contributed by atoms with E-state index in [1.807, 2.05) is 24.3 Å². The lowest BCUT2D eigenvalue weighted by atomic mass is 9.98. The third-order valence-corrected chi connectivity index (χ3v) is 5.61. The molecule has 1 N–H and O–H groups in total. The molecule has 2 aliphatic rings. The van der Waals surface area contributed by atoms with Crippen LogP contribution in [0.4, 0.5) is 10.6 Å². The van der Waals surface area contributed by atoms with Gasteiger partial charge in [0.1, 0.15) is 12.4 Å². The summed E-state index contributed by atoms with van der Waals surface area (Å²) in [4.78, 5) is 18.6. The van der Waals surface area contributed by atoms with Gasteiger partial charge in [-0.2, -0.15) is 0 Å². The van der Waals surface area contributed by atoms with Crippen molar-refractivity contribution in [3.8, 4) is 11.1 Å². The Hall–Kier alpha value is -3.18. The highest BCUT2D eigenvalue weighted by molar-refractivity contribution is 5.88. The van der Waals surface area contributed by atoms with Crippen LogP contribution in [-0.4, -0.2) is 29.3 Å². The standard InChI is InChI=1S/C23H20N2O3/c26-21-11-13-25(22-19(21)10-5-12-24-22)23(27)28-14-20-17-8-3-1-6-15(17)16-7-2-4-9-18(16)20/h1-10,12,20-21,26H,11,13-14H2. The summed E-state index contributed by atoms with van der Waals surface area (Å²) in [6.07, 6.45) is 1.08. The zero-order chi connectivity index (χ0) is 19.1. The third-order valence-electron chi connectivity index (χ3n) is 5.61. The van der Waals surface area contributed by atoms with Gasteiger partial charge in [-0.3, -0.25) is 4.90 Å². The van der Waals surface area contributed by atoms with Crippen LogP contribution in [0.1, 0.15) is 35.1 Å². The molecule has 1 aliphatic carbocycles. The Labute approximate surface area is 163 Å². The van der Waals surface area contributed by atoms with Crippen molar-refractivity contribution in [2.45, 2.75) is 18.4 Å². The first kappa shape index (κ1) is 17.0. The maximum Gasteiger partial charge on any atom is 0.415 e. The molecule has 5 rings (SSSR count). The zero-order valence-electron chi connectivity index (χ0n) is 15.3. The number of benzene rings is 2. The van der Waals surface area contributed by atoms with E-state index in [0.29, 0.717) is 24.3 Å². The van der Waals surface area contributed by atoms with Gasteiger partial charge in [0.25, 0.3) is 0 Å². The number of rotatable bonds is 2. The van der Waals surface area contributed by atoms with E-state index in [-0.39, 0.29) is 12.5 Å². The van der Waals surface area contributed by atoms with Gasteiger partial charge in [-0.15, -0.1) is 0 Å². The van der Waals surface area contributed by atoms with E-state index in [1.165, 1.54) is 27.2 Å². The lowest BCUT2D eigenvalue weighted by Gasteiger charge is -2.30. The van der Waals surface area contributed by atoms with Crippen LogP contribution in [0.2, 0.25) is 0 Å². The number of fused-ring (bicyclic) bond motifs is 4. The minimum Gasteiger partial charge on any atom is -0.448 e. The molecule has 2 heterocycles. The molecule has 5 nitrogen and oxygen atoms in total. The summed E-state index contributed by atoms with van der Waals surface area (Å²) in [7, 11) is 0. The smallest absolute Gasteiger partial charge is 0.415 e. The Morgan fingerprint density at radius 2 is 1.64 bits per heavy atom. The molecule has 3 aromatic rings. The number of nitrogens with zero attached hydrogens (tertiary/aromatic N) is 2. The number of aromatic nitrogens is 1. The summed E-state index contributed by atoms with van der Waals surface area (Å²) in [5.41, 5.74) is 5.44. The van der Waals surface area contributed by atoms with Crippen LogP contribution in [0.15, 0.2) is 66.9 Å². The predicted molar refractivity (Wildman–Crippen MR) is 106 cm³/mol. The quantitative estimate of drug-likeness (QED) is 0.730. The molecular formula is C23H20N2O3. The van der Waals surface area contributed by atoms with Crippen molar-refractivity contribution in [2.75, 3.05) is 18.1 Å². The van der Waals surface area contributed by atoms with E-state index in [4.69, 9.17) is 4.74 Å². The van der Waals surface area contributed by atoms with Crippen LogP contribution in [0.5, 0.6) is 0 Å². The molecule has 0 bridgehead atoms. The first-order valence-electron chi connectivity index (χ1n) is 9.49. The number of aliphatic hydroxyl groups excluding tert-OH is 1. The van der Waals surface area contributed by atoms with Gasteiger partial charge in [0.05, 0.1) is 6.10 Å². The Kier molecular flexibility index (Phi) is 4.10. The molecule has 0 radical (unpaired) electrons. The molecule has 140 valence electrons. The summed E-state index contributed by atoms with van der Waals surface area (Å²) in [5, 5.41) is 10.2. The monoisotopic (exact) mass is 372 g/mol. The topological polar surface area (TPSA) is 62.7 Å². The number of carbonyl (C=O) groups excluding carboxylic acids is 1. The van der Waals surface area contributed by atoms with Crippen molar-refractivity contribution < 1.29 is 14.6 Å². The van der Waals surface area contributed by atoms with E-state index in [1.54, 1.807) is 18.3 Å². The van der Waals surface area contributed by atoms with Gasteiger partial charge in [0, 0.05) is 24.2 Å². The fourth-order valence-corrected chi connectivity index (χ4v) is 4.26. The summed E-state index contributed by atoms with van der Waals surface area (Å²) in [5.74, 6) is 0.508. The van der Waals surface area contributed by atoms with Gasteiger partial charge in [-0.25, -0.2) is 9.78 Å².